The number of halogens is 1. The predicted molar refractivity (Wildman–Crippen MR) is 46.6 cm³/mol. The Morgan fingerprint density at radius 2 is 2.07 bits per heavy atom. The molecule has 0 aliphatic rings. The van der Waals surface area contributed by atoms with Crippen molar-refractivity contribution in [1.82, 2.24) is 0 Å². The first kappa shape index (κ1) is 12.9. The second-order valence-corrected chi connectivity index (χ2v) is 2.69. The van der Waals surface area contributed by atoms with E-state index >= 15 is 0 Å². The molecule has 0 spiro atoms. The number of nitro groups is 1. The number of primary amides is 1. The molecule has 0 aliphatic carbocycles. The van der Waals surface area contributed by atoms with Crippen molar-refractivity contribution in [3.05, 3.63) is 38.9 Å². The summed E-state index contributed by atoms with van der Waals surface area (Å²) in [5, 5.41) is 10.3. The van der Waals surface area contributed by atoms with E-state index in [1.54, 1.807) is 0 Å². The number of carbonyl (C=O) groups excluding carboxylic acids is 1. The van der Waals surface area contributed by atoms with Crippen LogP contribution in [0.1, 0.15) is 10.4 Å². The Balaban J connectivity index is 0.00000169. The molecule has 76 valence electrons. The summed E-state index contributed by atoms with van der Waals surface area (Å²) in [5.41, 5.74) is 4.85. The summed E-state index contributed by atoms with van der Waals surface area (Å²) in [5.74, 6) is -0.708. The largest absolute Gasteiger partial charge is 0.366 e. The fraction of sp³-hybridized carbons (Fsp3) is 0. The van der Waals surface area contributed by atoms with Gasteiger partial charge in [0.1, 0.15) is 0 Å². The molecule has 14 heavy (non-hydrogen) atoms. The van der Waals surface area contributed by atoms with Crippen molar-refractivity contribution in [2.45, 2.75) is 0 Å². The van der Waals surface area contributed by atoms with Crippen LogP contribution >= 0.6 is 11.6 Å². The van der Waals surface area contributed by atoms with Crippen LogP contribution in [-0.4, -0.2) is 10.8 Å². The van der Waals surface area contributed by atoms with Gasteiger partial charge in [0, 0.05) is 29.2 Å². The van der Waals surface area contributed by atoms with Gasteiger partial charge in [-0.05, 0) is 6.07 Å². The number of hydrogen-bond donors (Lipinski definition) is 1. The van der Waals surface area contributed by atoms with Crippen molar-refractivity contribution in [3.8, 4) is 0 Å². The van der Waals surface area contributed by atoms with Crippen molar-refractivity contribution in [1.29, 1.82) is 0 Å². The number of benzene rings is 1. The molecule has 0 bridgehead atoms. The molecule has 1 amide bonds. The van der Waals surface area contributed by atoms with E-state index in [1.807, 2.05) is 0 Å². The maximum Gasteiger partial charge on any atom is 0.270 e. The maximum atomic E-state index is 10.7. The SMILES string of the molecule is NC(=O)c1ccc([N+](=O)[O-])cc1Cl.[Fe]. The molecule has 0 saturated carbocycles. The second-order valence-electron chi connectivity index (χ2n) is 2.29. The number of carbonyl (C=O) groups is 1. The van der Waals surface area contributed by atoms with E-state index in [9.17, 15) is 14.9 Å². The topological polar surface area (TPSA) is 86.2 Å². The number of hydrogen-bond acceptors (Lipinski definition) is 3. The van der Waals surface area contributed by atoms with Crippen molar-refractivity contribution < 1.29 is 26.8 Å². The molecule has 0 fully saturated rings. The van der Waals surface area contributed by atoms with Gasteiger partial charge in [0.2, 0.25) is 5.91 Å². The molecule has 1 aromatic carbocycles. The van der Waals surface area contributed by atoms with E-state index in [4.69, 9.17) is 17.3 Å². The van der Waals surface area contributed by atoms with Gasteiger partial charge < -0.3 is 5.73 Å². The molecule has 5 nitrogen and oxygen atoms in total. The van der Waals surface area contributed by atoms with E-state index in [1.165, 1.54) is 12.1 Å². The smallest absolute Gasteiger partial charge is 0.270 e. The summed E-state index contributed by atoms with van der Waals surface area (Å²) in [7, 11) is 0. The monoisotopic (exact) mass is 256 g/mol. The normalized spacial score (nSPS) is 8.93. The van der Waals surface area contributed by atoms with Crippen LogP contribution in [-0.2, 0) is 17.1 Å². The molecule has 1 rings (SSSR count). The number of amides is 1. The average Bonchev–Trinajstić information content (AvgIpc) is 2.03. The number of nitrogens with two attached hydrogens (primary N) is 1. The minimum atomic E-state index is -0.708. The summed E-state index contributed by atoms with van der Waals surface area (Å²) >= 11 is 5.56. The van der Waals surface area contributed by atoms with E-state index < -0.39 is 10.8 Å². The molecule has 0 heterocycles. The number of nitro benzene ring substituents is 1. The molecule has 0 aliphatic heterocycles. The zero-order chi connectivity index (χ0) is 10.0. The third-order valence-electron chi connectivity index (χ3n) is 1.43. The van der Waals surface area contributed by atoms with Gasteiger partial charge in [-0.15, -0.1) is 0 Å². The summed E-state index contributed by atoms with van der Waals surface area (Å²) < 4.78 is 0. The molecule has 0 aromatic heterocycles. The van der Waals surface area contributed by atoms with Crippen molar-refractivity contribution in [3.63, 3.8) is 0 Å². The minimum Gasteiger partial charge on any atom is -0.366 e. The van der Waals surface area contributed by atoms with Gasteiger partial charge in [-0.2, -0.15) is 0 Å². The van der Waals surface area contributed by atoms with Crippen molar-refractivity contribution in [2.75, 3.05) is 0 Å². The minimum absolute atomic E-state index is 0. The third kappa shape index (κ3) is 2.70. The Morgan fingerprint density at radius 1 is 1.50 bits per heavy atom. The predicted octanol–water partition coefficient (Wildman–Crippen LogP) is 1.34. The molecule has 7 heteroatoms. The van der Waals surface area contributed by atoms with Crippen LogP contribution in [0.3, 0.4) is 0 Å². The van der Waals surface area contributed by atoms with Gasteiger partial charge >= 0.3 is 0 Å². The number of rotatable bonds is 2. The van der Waals surface area contributed by atoms with Gasteiger partial charge in [0.05, 0.1) is 15.5 Å². The first-order valence-corrected chi connectivity index (χ1v) is 3.64. The Hall–Kier alpha value is -1.10. The molecule has 0 unspecified atom stereocenters. The molecular weight excluding hydrogens is 251 g/mol. The van der Waals surface area contributed by atoms with Crippen molar-refractivity contribution in [2.24, 2.45) is 5.73 Å². The van der Waals surface area contributed by atoms with E-state index in [2.05, 4.69) is 0 Å². The molecule has 0 radical (unpaired) electrons. The van der Waals surface area contributed by atoms with Crippen LogP contribution in [0.25, 0.3) is 0 Å². The van der Waals surface area contributed by atoms with Crippen LogP contribution in [0.15, 0.2) is 18.2 Å². The quantitative estimate of drug-likeness (QED) is 0.492. The molecule has 1 aromatic rings. The van der Waals surface area contributed by atoms with E-state index in [-0.39, 0.29) is 33.3 Å². The van der Waals surface area contributed by atoms with Crippen LogP contribution < -0.4 is 5.73 Å². The molecule has 2 N–H and O–H groups in total. The Kier molecular flexibility index (Phi) is 4.56. The first-order valence-electron chi connectivity index (χ1n) is 3.26. The zero-order valence-electron chi connectivity index (χ0n) is 6.71. The average molecular weight is 256 g/mol. The fourth-order valence-corrected chi connectivity index (χ4v) is 1.09. The van der Waals surface area contributed by atoms with Crippen LogP contribution in [0.2, 0.25) is 5.02 Å². The van der Waals surface area contributed by atoms with Gasteiger partial charge in [-0.25, -0.2) is 0 Å². The second kappa shape index (κ2) is 4.95. The number of non-ortho nitro benzene ring substituents is 1. The number of nitrogens with zero attached hydrogens (tertiary/aromatic N) is 1. The van der Waals surface area contributed by atoms with Gasteiger partial charge in [-0.3, -0.25) is 14.9 Å². The van der Waals surface area contributed by atoms with Crippen molar-refractivity contribution >= 4 is 23.2 Å². The Bertz CT molecular complexity index is 383. The zero-order valence-corrected chi connectivity index (χ0v) is 8.57. The standard InChI is InChI=1S/C7H5ClN2O3.Fe/c8-6-3-4(10(12)13)1-2-5(6)7(9)11;/h1-3H,(H2,9,11);. The van der Waals surface area contributed by atoms with E-state index in [0.29, 0.717) is 0 Å². The van der Waals surface area contributed by atoms with Gasteiger partial charge in [0.25, 0.3) is 5.69 Å². The first-order chi connectivity index (χ1) is 6.02. The van der Waals surface area contributed by atoms with E-state index in [0.717, 1.165) is 6.07 Å². The van der Waals surface area contributed by atoms with Gasteiger partial charge in [0.15, 0.2) is 0 Å². The fourth-order valence-electron chi connectivity index (χ4n) is 0.817. The Labute approximate surface area is 94.8 Å². The van der Waals surface area contributed by atoms with Crippen LogP contribution in [0.5, 0.6) is 0 Å². The van der Waals surface area contributed by atoms with Crippen LogP contribution in [0, 0.1) is 10.1 Å². The third-order valence-corrected chi connectivity index (χ3v) is 1.74. The summed E-state index contributed by atoms with van der Waals surface area (Å²) in [4.78, 5) is 20.3. The van der Waals surface area contributed by atoms with Crippen LogP contribution in [0.4, 0.5) is 5.69 Å². The maximum absolute atomic E-state index is 10.7. The molecular formula is C7H5ClFeN2O3. The molecule has 0 atom stereocenters. The molecule has 0 saturated heterocycles. The summed E-state index contributed by atoms with van der Waals surface area (Å²) in [6, 6.07) is 3.48. The summed E-state index contributed by atoms with van der Waals surface area (Å²) in [6.45, 7) is 0. The van der Waals surface area contributed by atoms with Gasteiger partial charge in [-0.1, -0.05) is 11.6 Å². The summed E-state index contributed by atoms with van der Waals surface area (Å²) in [6.07, 6.45) is 0. The Morgan fingerprint density at radius 3 is 2.43 bits per heavy atom.